The van der Waals surface area contributed by atoms with Crippen LogP contribution in [0.1, 0.15) is 5.69 Å². The van der Waals surface area contributed by atoms with Crippen molar-refractivity contribution in [3.05, 3.63) is 24.4 Å². The first-order valence-electron chi connectivity index (χ1n) is 3.24. The molecule has 2 heterocycles. The molecule has 0 radical (unpaired) electrons. The lowest BCUT2D eigenvalue weighted by Gasteiger charge is -1.93. The molecule has 0 fully saturated rings. The molecule has 0 aliphatic rings. The van der Waals surface area contributed by atoms with Gasteiger partial charge in [-0.3, -0.25) is 0 Å². The normalized spacial score (nSPS) is 10.6. The molecule has 0 saturated heterocycles. The summed E-state index contributed by atoms with van der Waals surface area (Å²) in [5.74, 6) is 0. The molecule has 56 valence electrons. The second-order valence-corrected chi connectivity index (χ2v) is 2.15. The van der Waals surface area contributed by atoms with Gasteiger partial charge in [-0.1, -0.05) is 0 Å². The Labute approximate surface area is 62.9 Å². The second kappa shape index (κ2) is 2.28. The van der Waals surface area contributed by atoms with Crippen LogP contribution in [0.5, 0.6) is 0 Å². The molecular formula is C6H7N5. The van der Waals surface area contributed by atoms with Crippen LogP contribution < -0.4 is 5.73 Å². The third kappa shape index (κ3) is 0.947. The van der Waals surface area contributed by atoms with Crippen molar-refractivity contribution in [2.45, 2.75) is 6.54 Å². The van der Waals surface area contributed by atoms with Gasteiger partial charge < -0.3 is 5.73 Å². The zero-order chi connectivity index (χ0) is 7.68. The maximum absolute atomic E-state index is 5.39. The highest BCUT2D eigenvalue weighted by molar-refractivity contribution is 5.36. The first kappa shape index (κ1) is 6.23. The number of hydrogen-bond donors (Lipinski definition) is 1. The third-order valence-corrected chi connectivity index (χ3v) is 1.44. The van der Waals surface area contributed by atoms with Crippen LogP contribution in [0.2, 0.25) is 0 Å². The monoisotopic (exact) mass is 149 g/mol. The van der Waals surface area contributed by atoms with Crippen LogP contribution in [0.3, 0.4) is 0 Å². The lowest BCUT2D eigenvalue weighted by atomic mass is 10.4. The highest BCUT2D eigenvalue weighted by Gasteiger charge is 1.95. The maximum Gasteiger partial charge on any atom is 0.158 e. The molecule has 0 bridgehead atoms. The summed E-state index contributed by atoms with van der Waals surface area (Å²) < 4.78 is 1.60. The molecule has 5 heteroatoms. The average molecular weight is 149 g/mol. The van der Waals surface area contributed by atoms with E-state index in [0.717, 1.165) is 11.3 Å². The summed E-state index contributed by atoms with van der Waals surface area (Å²) in [5.41, 5.74) is 6.99. The van der Waals surface area contributed by atoms with Gasteiger partial charge in [0.15, 0.2) is 5.65 Å². The van der Waals surface area contributed by atoms with Crippen LogP contribution >= 0.6 is 0 Å². The van der Waals surface area contributed by atoms with E-state index >= 15 is 0 Å². The van der Waals surface area contributed by atoms with Gasteiger partial charge in [0, 0.05) is 12.6 Å². The van der Waals surface area contributed by atoms with E-state index in [0.29, 0.717) is 6.54 Å². The minimum absolute atomic E-state index is 0.434. The molecule has 11 heavy (non-hydrogen) atoms. The quantitative estimate of drug-likeness (QED) is 0.598. The fraction of sp³-hybridized carbons (Fsp3) is 0.167. The summed E-state index contributed by atoms with van der Waals surface area (Å²) >= 11 is 0. The predicted octanol–water partition coefficient (Wildman–Crippen LogP) is -0.417. The molecule has 2 aromatic rings. The number of nitrogens with zero attached hydrogens (tertiary/aromatic N) is 4. The Balaban J connectivity index is 2.67. The largest absolute Gasteiger partial charge is 0.325 e. The van der Waals surface area contributed by atoms with Gasteiger partial charge in [0.1, 0.15) is 12.7 Å². The zero-order valence-electron chi connectivity index (χ0n) is 5.81. The fourth-order valence-corrected chi connectivity index (χ4v) is 0.878. The lowest BCUT2D eigenvalue weighted by Crippen LogP contribution is -2.01. The van der Waals surface area contributed by atoms with E-state index in [1.807, 2.05) is 6.07 Å². The highest BCUT2D eigenvalue weighted by Crippen LogP contribution is 1.97. The van der Waals surface area contributed by atoms with Gasteiger partial charge in [-0.05, 0) is 0 Å². The molecule has 0 spiro atoms. The maximum atomic E-state index is 5.39. The summed E-state index contributed by atoms with van der Waals surface area (Å²) in [6.07, 6.45) is 3.09. The topological polar surface area (TPSA) is 69.1 Å². The van der Waals surface area contributed by atoms with Crippen molar-refractivity contribution >= 4 is 5.65 Å². The molecule has 0 atom stereocenters. The second-order valence-electron chi connectivity index (χ2n) is 2.15. The smallest absolute Gasteiger partial charge is 0.158 e. The standard InChI is InChI=1S/C6H7N5/c7-2-5-1-6-8-3-10-11(6)4-9-5/h1,3-4H,2,7H2. The molecule has 2 rings (SSSR count). The van der Waals surface area contributed by atoms with Crippen molar-refractivity contribution in [3.63, 3.8) is 0 Å². The van der Waals surface area contributed by atoms with Gasteiger partial charge in [0.05, 0.1) is 5.69 Å². The Morgan fingerprint density at radius 3 is 3.18 bits per heavy atom. The van der Waals surface area contributed by atoms with E-state index in [2.05, 4.69) is 15.1 Å². The Bertz CT molecular complexity index is 366. The van der Waals surface area contributed by atoms with Crippen molar-refractivity contribution in [1.29, 1.82) is 0 Å². The summed E-state index contributed by atoms with van der Waals surface area (Å²) in [7, 11) is 0. The zero-order valence-corrected chi connectivity index (χ0v) is 5.81. The van der Waals surface area contributed by atoms with Gasteiger partial charge in [-0.15, -0.1) is 0 Å². The van der Waals surface area contributed by atoms with Gasteiger partial charge in [-0.25, -0.2) is 14.5 Å². The van der Waals surface area contributed by atoms with Crippen molar-refractivity contribution in [3.8, 4) is 0 Å². The molecule has 0 aromatic carbocycles. The minimum atomic E-state index is 0.434. The minimum Gasteiger partial charge on any atom is -0.325 e. The summed E-state index contributed by atoms with van der Waals surface area (Å²) in [5, 5.41) is 3.90. The van der Waals surface area contributed by atoms with Crippen molar-refractivity contribution in [1.82, 2.24) is 19.6 Å². The van der Waals surface area contributed by atoms with E-state index in [9.17, 15) is 0 Å². The van der Waals surface area contributed by atoms with Crippen LogP contribution in [0.4, 0.5) is 0 Å². The Kier molecular flexibility index (Phi) is 1.29. The van der Waals surface area contributed by atoms with Crippen LogP contribution in [-0.2, 0) is 6.54 Å². The predicted molar refractivity (Wildman–Crippen MR) is 38.7 cm³/mol. The molecule has 0 unspecified atom stereocenters. The highest BCUT2D eigenvalue weighted by atomic mass is 15.3. The van der Waals surface area contributed by atoms with Gasteiger partial charge in [-0.2, -0.15) is 5.10 Å². The van der Waals surface area contributed by atoms with Crippen molar-refractivity contribution in [2.24, 2.45) is 5.73 Å². The first-order valence-corrected chi connectivity index (χ1v) is 3.24. The number of hydrogen-bond acceptors (Lipinski definition) is 4. The van der Waals surface area contributed by atoms with Crippen molar-refractivity contribution in [2.75, 3.05) is 0 Å². The van der Waals surface area contributed by atoms with E-state index < -0.39 is 0 Å². The van der Waals surface area contributed by atoms with Crippen LogP contribution in [0, 0.1) is 0 Å². The molecule has 0 saturated carbocycles. The number of rotatable bonds is 1. The van der Waals surface area contributed by atoms with Gasteiger partial charge in [0.25, 0.3) is 0 Å². The average Bonchev–Trinajstić information content (AvgIpc) is 2.50. The van der Waals surface area contributed by atoms with Crippen LogP contribution in [0.15, 0.2) is 18.7 Å². The van der Waals surface area contributed by atoms with Crippen molar-refractivity contribution < 1.29 is 0 Å². The van der Waals surface area contributed by atoms with Gasteiger partial charge in [0.2, 0.25) is 0 Å². The number of fused-ring (bicyclic) bond motifs is 1. The molecule has 0 aliphatic heterocycles. The first-order chi connectivity index (χ1) is 5.40. The Morgan fingerprint density at radius 2 is 2.36 bits per heavy atom. The Morgan fingerprint density at radius 1 is 1.45 bits per heavy atom. The number of aromatic nitrogens is 4. The summed E-state index contributed by atoms with van der Waals surface area (Å²) in [6, 6.07) is 1.81. The van der Waals surface area contributed by atoms with E-state index in [1.54, 1.807) is 10.8 Å². The lowest BCUT2D eigenvalue weighted by molar-refractivity contribution is 0.882. The van der Waals surface area contributed by atoms with Crippen LogP contribution in [-0.4, -0.2) is 19.6 Å². The molecule has 2 N–H and O–H groups in total. The Hall–Kier alpha value is -1.49. The molecule has 5 nitrogen and oxygen atoms in total. The SMILES string of the molecule is NCc1cc2ncnn2cn1. The van der Waals surface area contributed by atoms with Gasteiger partial charge >= 0.3 is 0 Å². The van der Waals surface area contributed by atoms with E-state index in [4.69, 9.17) is 5.73 Å². The third-order valence-electron chi connectivity index (χ3n) is 1.44. The number of nitrogens with two attached hydrogens (primary N) is 1. The van der Waals surface area contributed by atoms with E-state index in [-0.39, 0.29) is 0 Å². The van der Waals surface area contributed by atoms with Crippen LogP contribution in [0.25, 0.3) is 5.65 Å². The molecule has 0 aliphatic carbocycles. The van der Waals surface area contributed by atoms with E-state index in [1.165, 1.54) is 6.33 Å². The molecule has 0 amide bonds. The summed E-state index contributed by atoms with van der Waals surface area (Å²) in [6.45, 7) is 0.434. The summed E-state index contributed by atoms with van der Waals surface area (Å²) in [4.78, 5) is 8.02. The molecular weight excluding hydrogens is 142 g/mol. The fourth-order valence-electron chi connectivity index (χ4n) is 0.878. The molecule has 2 aromatic heterocycles.